The number of nitrogens with zero attached hydrogens (tertiary/aromatic N) is 1. The van der Waals surface area contributed by atoms with Gasteiger partial charge in [-0.15, -0.1) is 11.8 Å². The van der Waals surface area contributed by atoms with Crippen LogP contribution in [0.1, 0.15) is 11.1 Å². The van der Waals surface area contributed by atoms with E-state index in [0.29, 0.717) is 10.6 Å². The summed E-state index contributed by atoms with van der Waals surface area (Å²) >= 11 is 1.34. The molecule has 2 aromatic rings. The van der Waals surface area contributed by atoms with E-state index < -0.39 is 10.9 Å². The first-order chi connectivity index (χ1) is 10.1. The van der Waals surface area contributed by atoms with E-state index in [2.05, 4.69) is 0 Å². The monoisotopic (exact) mass is 303 g/mol. The molecule has 5 nitrogen and oxygen atoms in total. The fraction of sp³-hybridized carbons (Fsp3) is 0.133. The second-order valence-corrected chi connectivity index (χ2v) is 5.37. The molecule has 0 unspecified atom stereocenters. The van der Waals surface area contributed by atoms with Crippen LogP contribution in [0.2, 0.25) is 0 Å². The van der Waals surface area contributed by atoms with Crippen molar-refractivity contribution < 1.29 is 14.8 Å². The number of benzene rings is 2. The average Bonchev–Trinajstić information content (AvgIpc) is 2.46. The van der Waals surface area contributed by atoms with Crippen LogP contribution in [0.25, 0.3) is 0 Å². The second kappa shape index (κ2) is 6.90. The zero-order valence-corrected chi connectivity index (χ0v) is 11.9. The van der Waals surface area contributed by atoms with Crippen molar-refractivity contribution in [1.29, 1.82) is 0 Å². The smallest absolute Gasteiger partial charge is 0.307 e. The first kappa shape index (κ1) is 15.1. The third-order valence-electron chi connectivity index (χ3n) is 2.91. The number of hydrogen-bond acceptors (Lipinski definition) is 4. The number of rotatable bonds is 6. The number of thioether (sulfide) groups is 1. The second-order valence-electron chi connectivity index (χ2n) is 4.35. The predicted octanol–water partition coefficient (Wildman–Crippen LogP) is 3.51. The van der Waals surface area contributed by atoms with Gasteiger partial charge in [0.15, 0.2) is 0 Å². The van der Waals surface area contributed by atoms with E-state index in [-0.39, 0.29) is 12.1 Å². The van der Waals surface area contributed by atoms with Gasteiger partial charge in [-0.25, -0.2) is 0 Å². The summed E-state index contributed by atoms with van der Waals surface area (Å²) in [6.07, 6.45) is -0.0480. The molecular weight excluding hydrogens is 290 g/mol. The van der Waals surface area contributed by atoms with Crippen LogP contribution in [0.15, 0.2) is 53.4 Å². The van der Waals surface area contributed by atoms with Crippen LogP contribution in [0, 0.1) is 10.1 Å². The Balaban J connectivity index is 2.17. The molecule has 0 aliphatic heterocycles. The van der Waals surface area contributed by atoms with Gasteiger partial charge < -0.3 is 5.11 Å². The molecule has 2 rings (SSSR count). The molecule has 0 fully saturated rings. The van der Waals surface area contributed by atoms with E-state index in [1.54, 1.807) is 30.3 Å². The Kier molecular flexibility index (Phi) is 4.94. The van der Waals surface area contributed by atoms with Crippen LogP contribution in [-0.4, -0.2) is 16.0 Å². The molecule has 0 aliphatic rings. The van der Waals surface area contributed by atoms with Gasteiger partial charge in [0.25, 0.3) is 5.69 Å². The summed E-state index contributed by atoms with van der Waals surface area (Å²) in [5, 5.41) is 19.9. The van der Waals surface area contributed by atoms with Gasteiger partial charge in [-0.05, 0) is 17.2 Å². The van der Waals surface area contributed by atoms with E-state index in [4.69, 9.17) is 5.11 Å². The highest BCUT2D eigenvalue weighted by Gasteiger charge is 2.14. The highest BCUT2D eigenvalue weighted by molar-refractivity contribution is 7.98. The molecule has 0 spiro atoms. The molecule has 108 valence electrons. The van der Waals surface area contributed by atoms with Gasteiger partial charge in [-0.3, -0.25) is 14.9 Å². The van der Waals surface area contributed by atoms with Gasteiger partial charge in [-0.2, -0.15) is 0 Å². The Morgan fingerprint density at radius 2 is 1.71 bits per heavy atom. The van der Waals surface area contributed by atoms with E-state index in [1.165, 1.54) is 17.8 Å². The zero-order valence-electron chi connectivity index (χ0n) is 11.1. The number of carboxylic acids is 1. The Labute approximate surface area is 125 Å². The molecule has 0 bridgehead atoms. The van der Waals surface area contributed by atoms with Crippen LogP contribution in [0.3, 0.4) is 0 Å². The topological polar surface area (TPSA) is 80.4 Å². The number of carboxylic acid groups (broad SMARTS) is 1. The van der Waals surface area contributed by atoms with Crippen molar-refractivity contribution in [2.45, 2.75) is 17.1 Å². The number of para-hydroxylation sites is 1. The summed E-state index contributed by atoms with van der Waals surface area (Å²) in [6.45, 7) is 0. The molecule has 0 heterocycles. The van der Waals surface area contributed by atoms with E-state index in [1.807, 2.05) is 12.1 Å². The van der Waals surface area contributed by atoms with Crippen LogP contribution < -0.4 is 0 Å². The molecule has 0 aliphatic carbocycles. The standard InChI is InChI=1S/C15H13NO4S/c17-15(18)9-11-5-1-2-6-12(11)10-21-14-8-4-3-7-13(14)16(19)20/h1-8H,9-10H2,(H,17,18). The number of nitro groups is 1. The Morgan fingerprint density at radius 1 is 1.10 bits per heavy atom. The van der Waals surface area contributed by atoms with Gasteiger partial charge in [0.05, 0.1) is 16.2 Å². The quantitative estimate of drug-likeness (QED) is 0.502. The SMILES string of the molecule is O=C(O)Cc1ccccc1CSc1ccccc1[N+](=O)[O-]. The third kappa shape index (κ3) is 4.06. The molecule has 0 atom stereocenters. The number of carbonyl (C=O) groups is 1. The van der Waals surface area contributed by atoms with Crippen LogP contribution in [0.4, 0.5) is 5.69 Å². The highest BCUT2D eigenvalue weighted by Crippen LogP contribution is 2.31. The molecule has 21 heavy (non-hydrogen) atoms. The number of nitro benzene ring substituents is 1. The summed E-state index contributed by atoms with van der Waals surface area (Å²) in [5.74, 6) is -0.396. The fourth-order valence-electron chi connectivity index (χ4n) is 1.92. The Morgan fingerprint density at radius 3 is 2.38 bits per heavy atom. The molecule has 0 aromatic heterocycles. The maximum absolute atomic E-state index is 11.0. The predicted molar refractivity (Wildman–Crippen MR) is 80.4 cm³/mol. The largest absolute Gasteiger partial charge is 0.481 e. The van der Waals surface area contributed by atoms with Crippen LogP contribution >= 0.6 is 11.8 Å². The minimum absolute atomic E-state index is 0.0480. The van der Waals surface area contributed by atoms with E-state index in [0.717, 1.165) is 11.1 Å². The van der Waals surface area contributed by atoms with Gasteiger partial charge in [0.2, 0.25) is 0 Å². The van der Waals surface area contributed by atoms with Gasteiger partial charge in [0, 0.05) is 11.8 Å². The maximum atomic E-state index is 11.0. The fourth-order valence-corrected chi connectivity index (χ4v) is 2.98. The van der Waals surface area contributed by atoms with Crippen molar-refractivity contribution in [2.24, 2.45) is 0 Å². The first-order valence-electron chi connectivity index (χ1n) is 6.22. The first-order valence-corrected chi connectivity index (χ1v) is 7.21. The molecule has 2 aromatic carbocycles. The van der Waals surface area contributed by atoms with Gasteiger partial charge in [0.1, 0.15) is 0 Å². The Bertz CT molecular complexity index is 672. The molecule has 6 heteroatoms. The van der Waals surface area contributed by atoms with Crippen molar-refractivity contribution in [2.75, 3.05) is 0 Å². The van der Waals surface area contributed by atoms with E-state index in [9.17, 15) is 14.9 Å². The molecule has 0 saturated carbocycles. The summed E-state index contributed by atoms with van der Waals surface area (Å²) in [4.78, 5) is 22.0. The lowest BCUT2D eigenvalue weighted by molar-refractivity contribution is -0.387. The summed E-state index contributed by atoms with van der Waals surface area (Å²) < 4.78 is 0. The van der Waals surface area contributed by atoms with Crippen molar-refractivity contribution in [3.63, 3.8) is 0 Å². The zero-order chi connectivity index (χ0) is 15.2. The Hall–Kier alpha value is -2.34. The average molecular weight is 303 g/mol. The molecule has 0 saturated heterocycles. The van der Waals surface area contributed by atoms with E-state index >= 15 is 0 Å². The molecule has 0 radical (unpaired) electrons. The van der Waals surface area contributed by atoms with Crippen LogP contribution in [-0.2, 0) is 17.0 Å². The minimum atomic E-state index is -0.891. The summed E-state index contributed by atoms with van der Waals surface area (Å²) in [7, 11) is 0. The lowest BCUT2D eigenvalue weighted by Crippen LogP contribution is -2.03. The summed E-state index contributed by atoms with van der Waals surface area (Å²) in [6, 6.07) is 13.8. The van der Waals surface area contributed by atoms with Crippen LogP contribution in [0.5, 0.6) is 0 Å². The molecule has 1 N–H and O–H groups in total. The lowest BCUT2D eigenvalue weighted by atomic mass is 10.1. The number of aliphatic carboxylic acids is 1. The van der Waals surface area contributed by atoms with Crippen molar-refractivity contribution in [1.82, 2.24) is 0 Å². The number of hydrogen-bond donors (Lipinski definition) is 1. The normalized spacial score (nSPS) is 10.3. The van der Waals surface area contributed by atoms with Gasteiger partial charge >= 0.3 is 5.97 Å². The molecule has 0 amide bonds. The van der Waals surface area contributed by atoms with Crippen molar-refractivity contribution >= 4 is 23.4 Å². The maximum Gasteiger partial charge on any atom is 0.307 e. The van der Waals surface area contributed by atoms with Crippen molar-refractivity contribution in [3.05, 3.63) is 69.8 Å². The lowest BCUT2D eigenvalue weighted by Gasteiger charge is -2.07. The molecular formula is C15H13NO4S. The third-order valence-corrected chi connectivity index (χ3v) is 4.02. The highest BCUT2D eigenvalue weighted by atomic mass is 32.2. The van der Waals surface area contributed by atoms with Gasteiger partial charge in [-0.1, -0.05) is 36.4 Å². The minimum Gasteiger partial charge on any atom is -0.481 e. The van der Waals surface area contributed by atoms with Crippen molar-refractivity contribution in [3.8, 4) is 0 Å². The summed E-state index contributed by atoms with van der Waals surface area (Å²) in [5.41, 5.74) is 1.68.